The van der Waals surface area contributed by atoms with Crippen molar-refractivity contribution in [1.29, 1.82) is 0 Å². The molecule has 1 saturated heterocycles. The third-order valence-corrected chi connectivity index (χ3v) is 3.86. The number of hydrogen-bond acceptors (Lipinski definition) is 4. The van der Waals surface area contributed by atoms with Crippen LogP contribution in [0.25, 0.3) is 0 Å². The Bertz CT molecular complexity index is 484. The van der Waals surface area contributed by atoms with Crippen LogP contribution in [-0.2, 0) is 0 Å². The Balaban J connectivity index is 2.19. The molecule has 1 unspecified atom stereocenters. The van der Waals surface area contributed by atoms with Crippen LogP contribution in [0.2, 0.25) is 0 Å². The molecule has 1 atom stereocenters. The third kappa shape index (κ3) is 3.67. The Morgan fingerprint density at radius 2 is 2.33 bits per heavy atom. The average molecular weight is 292 g/mol. The molecular weight excluding hydrogens is 268 g/mol. The van der Waals surface area contributed by atoms with Crippen LogP contribution >= 0.6 is 0 Å². The predicted octanol–water partition coefficient (Wildman–Crippen LogP) is 2.00. The van der Waals surface area contributed by atoms with Gasteiger partial charge in [-0.2, -0.15) is 0 Å². The quantitative estimate of drug-likeness (QED) is 0.871. The number of amides is 1. The Morgan fingerprint density at radius 3 is 2.90 bits per heavy atom. The van der Waals surface area contributed by atoms with Crippen molar-refractivity contribution >= 4 is 5.91 Å². The lowest BCUT2D eigenvalue weighted by Gasteiger charge is -2.34. The molecule has 5 heteroatoms. The third-order valence-electron chi connectivity index (χ3n) is 3.86. The molecule has 21 heavy (non-hydrogen) atoms. The summed E-state index contributed by atoms with van der Waals surface area (Å²) in [5, 5.41) is 13.2. The maximum Gasteiger partial charge on any atom is 0.254 e. The highest BCUT2D eigenvalue weighted by molar-refractivity contribution is 5.95. The van der Waals surface area contributed by atoms with Gasteiger partial charge in [0.25, 0.3) is 5.91 Å². The summed E-state index contributed by atoms with van der Waals surface area (Å²) < 4.78 is 5.02. The van der Waals surface area contributed by atoms with Crippen LogP contribution in [0.1, 0.15) is 36.5 Å². The molecule has 116 valence electrons. The monoisotopic (exact) mass is 292 g/mol. The van der Waals surface area contributed by atoms with Gasteiger partial charge in [0.05, 0.1) is 7.11 Å². The zero-order chi connectivity index (χ0) is 15.2. The lowest BCUT2D eigenvalue weighted by atomic mass is 10.0. The van der Waals surface area contributed by atoms with Gasteiger partial charge in [0, 0.05) is 24.7 Å². The summed E-state index contributed by atoms with van der Waals surface area (Å²) in [5.74, 6) is 0.359. The number of nitrogens with one attached hydrogen (secondary N) is 1. The van der Waals surface area contributed by atoms with Crippen molar-refractivity contribution in [2.75, 3.05) is 26.7 Å². The molecule has 2 rings (SSSR count). The van der Waals surface area contributed by atoms with Crippen molar-refractivity contribution in [1.82, 2.24) is 10.2 Å². The van der Waals surface area contributed by atoms with E-state index in [2.05, 4.69) is 12.2 Å². The van der Waals surface area contributed by atoms with Gasteiger partial charge in [-0.1, -0.05) is 6.92 Å². The first kappa shape index (κ1) is 15.6. The zero-order valence-corrected chi connectivity index (χ0v) is 12.8. The molecule has 2 N–H and O–H groups in total. The largest absolute Gasteiger partial charge is 0.504 e. The molecule has 0 saturated carbocycles. The van der Waals surface area contributed by atoms with Crippen LogP contribution in [0, 0.1) is 0 Å². The van der Waals surface area contributed by atoms with Crippen LogP contribution in [-0.4, -0.2) is 48.7 Å². The molecule has 1 aromatic rings. The highest BCUT2D eigenvalue weighted by atomic mass is 16.5. The predicted molar refractivity (Wildman–Crippen MR) is 81.9 cm³/mol. The van der Waals surface area contributed by atoms with Gasteiger partial charge in [0.15, 0.2) is 11.5 Å². The van der Waals surface area contributed by atoms with Gasteiger partial charge < -0.3 is 20.1 Å². The summed E-state index contributed by atoms with van der Waals surface area (Å²) in [6.45, 7) is 4.67. The number of carbonyl (C=O) groups is 1. The topological polar surface area (TPSA) is 61.8 Å². The van der Waals surface area contributed by atoms with E-state index < -0.39 is 0 Å². The Labute approximate surface area is 125 Å². The Morgan fingerprint density at radius 1 is 1.52 bits per heavy atom. The minimum absolute atomic E-state index is 0.00145. The number of aromatic hydroxyl groups is 1. The summed E-state index contributed by atoms with van der Waals surface area (Å²) in [5.41, 5.74) is 0.507. The summed E-state index contributed by atoms with van der Waals surface area (Å²) in [6, 6.07) is 5.06. The lowest BCUT2D eigenvalue weighted by Crippen LogP contribution is -2.49. The summed E-state index contributed by atoms with van der Waals surface area (Å²) in [6.07, 6.45) is 3.04. The second-order valence-electron chi connectivity index (χ2n) is 5.39. The van der Waals surface area contributed by atoms with Gasteiger partial charge >= 0.3 is 0 Å². The van der Waals surface area contributed by atoms with Crippen LogP contribution in [0.5, 0.6) is 11.5 Å². The van der Waals surface area contributed by atoms with E-state index in [9.17, 15) is 9.90 Å². The fraction of sp³-hybridized carbons (Fsp3) is 0.562. The molecule has 0 radical (unpaired) electrons. The molecule has 0 aliphatic carbocycles. The van der Waals surface area contributed by atoms with Crippen LogP contribution in [0.4, 0.5) is 0 Å². The molecule has 0 aromatic heterocycles. The molecule has 1 aliphatic rings. The van der Waals surface area contributed by atoms with Crippen molar-refractivity contribution < 1.29 is 14.6 Å². The second kappa shape index (κ2) is 7.31. The molecule has 1 amide bonds. The normalized spacial score (nSPS) is 18.3. The number of benzene rings is 1. The molecule has 1 aromatic carbocycles. The van der Waals surface area contributed by atoms with Gasteiger partial charge in [-0.05, 0) is 44.0 Å². The molecular formula is C16H24N2O3. The molecule has 0 bridgehead atoms. The van der Waals surface area contributed by atoms with E-state index in [1.165, 1.54) is 13.2 Å². The van der Waals surface area contributed by atoms with Gasteiger partial charge in [-0.25, -0.2) is 0 Å². The number of methoxy groups -OCH3 is 1. The molecule has 1 aliphatic heterocycles. The SMILES string of the molecule is CCCN(C(=O)c1ccc(OC)c(O)c1)C1CCCNC1. The van der Waals surface area contributed by atoms with Crippen molar-refractivity contribution in [2.24, 2.45) is 0 Å². The van der Waals surface area contributed by atoms with E-state index >= 15 is 0 Å². The Hall–Kier alpha value is -1.75. The highest BCUT2D eigenvalue weighted by Crippen LogP contribution is 2.27. The Kier molecular flexibility index (Phi) is 5.44. The fourth-order valence-electron chi connectivity index (χ4n) is 2.78. The first-order valence-corrected chi connectivity index (χ1v) is 7.56. The van der Waals surface area contributed by atoms with E-state index in [0.29, 0.717) is 11.3 Å². The molecule has 1 heterocycles. The van der Waals surface area contributed by atoms with Gasteiger partial charge in [0.2, 0.25) is 0 Å². The number of ether oxygens (including phenoxy) is 1. The number of hydrogen-bond donors (Lipinski definition) is 2. The summed E-state index contributed by atoms with van der Waals surface area (Å²) >= 11 is 0. The number of piperidine rings is 1. The number of phenolic OH excluding ortho intramolecular Hbond substituents is 1. The smallest absolute Gasteiger partial charge is 0.254 e. The number of carbonyl (C=O) groups excluding carboxylic acids is 1. The maximum absolute atomic E-state index is 12.7. The average Bonchev–Trinajstić information content (AvgIpc) is 2.52. The van der Waals surface area contributed by atoms with Crippen LogP contribution < -0.4 is 10.1 Å². The second-order valence-corrected chi connectivity index (χ2v) is 5.39. The van der Waals surface area contributed by atoms with Crippen molar-refractivity contribution in [2.45, 2.75) is 32.2 Å². The minimum atomic E-state index is -0.0245. The first-order valence-electron chi connectivity index (χ1n) is 7.56. The van der Waals surface area contributed by atoms with Gasteiger partial charge in [0.1, 0.15) is 0 Å². The molecule has 1 fully saturated rings. The van der Waals surface area contributed by atoms with Crippen molar-refractivity contribution in [3.05, 3.63) is 23.8 Å². The zero-order valence-electron chi connectivity index (χ0n) is 12.8. The standard InChI is InChI=1S/C16H24N2O3/c1-3-9-18(13-5-4-8-17-11-13)16(20)12-6-7-15(21-2)14(19)10-12/h6-7,10,13,17,19H,3-5,8-9,11H2,1-2H3. The summed E-state index contributed by atoms with van der Waals surface area (Å²) in [7, 11) is 1.49. The van der Waals surface area contributed by atoms with E-state index in [0.717, 1.165) is 38.9 Å². The molecule has 5 nitrogen and oxygen atoms in total. The highest BCUT2D eigenvalue weighted by Gasteiger charge is 2.26. The van der Waals surface area contributed by atoms with Crippen molar-refractivity contribution in [3.63, 3.8) is 0 Å². The minimum Gasteiger partial charge on any atom is -0.504 e. The lowest BCUT2D eigenvalue weighted by molar-refractivity contribution is 0.0648. The van der Waals surface area contributed by atoms with E-state index in [-0.39, 0.29) is 17.7 Å². The van der Waals surface area contributed by atoms with Gasteiger partial charge in [-0.3, -0.25) is 4.79 Å². The summed E-state index contributed by atoms with van der Waals surface area (Å²) in [4.78, 5) is 14.7. The van der Waals surface area contributed by atoms with Crippen molar-refractivity contribution in [3.8, 4) is 11.5 Å². The first-order chi connectivity index (χ1) is 10.2. The van der Waals surface area contributed by atoms with Gasteiger partial charge in [-0.15, -0.1) is 0 Å². The van der Waals surface area contributed by atoms with Crippen LogP contribution in [0.3, 0.4) is 0 Å². The number of nitrogens with zero attached hydrogens (tertiary/aromatic N) is 1. The van der Waals surface area contributed by atoms with Crippen LogP contribution in [0.15, 0.2) is 18.2 Å². The van der Waals surface area contributed by atoms with E-state index in [4.69, 9.17) is 4.74 Å². The number of rotatable bonds is 5. The van der Waals surface area contributed by atoms with E-state index in [1.54, 1.807) is 12.1 Å². The number of phenols is 1. The maximum atomic E-state index is 12.7. The fourth-order valence-corrected chi connectivity index (χ4v) is 2.78. The molecule has 0 spiro atoms. The van der Waals surface area contributed by atoms with E-state index in [1.807, 2.05) is 4.90 Å².